The van der Waals surface area contributed by atoms with Crippen molar-refractivity contribution in [3.63, 3.8) is 0 Å². The second-order valence-electron chi connectivity index (χ2n) is 5.15. The highest BCUT2D eigenvalue weighted by atomic mass is 35.5. The number of aromatic hydroxyl groups is 1. The molecule has 0 radical (unpaired) electrons. The number of hydrogen-bond acceptors (Lipinski definition) is 2. The number of halogens is 1. The number of rotatable bonds is 3. The van der Waals surface area contributed by atoms with E-state index in [1.54, 1.807) is 0 Å². The molecular formula is C14H20ClNO. The SMILES string of the molecule is CC(C)c1cc(Cl)cc(CC2CCCN2)c1O. The van der Waals surface area contributed by atoms with Crippen LogP contribution in [-0.2, 0) is 6.42 Å². The van der Waals surface area contributed by atoms with Crippen LogP contribution in [0.4, 0.5) is 0 Å². The summed E-state index contributed by atoms with van der Waals surface area (Å²) in [6.45, 7) is 5.23. The molecule has 0 bridgehead atoms. The predicted octanol–water partition coefficient (Wildman–Crippen LogP) is 3.46. The summed E-state index contributed by atoms with van der Waals surface area (Å²) in [7, 11) is 0. The van der Waals surface area contributed by atoms with Gasteiger partial charge in [-0.15, -0.1) is 0 Å². The topological polar surface area (TPSA) is 32.3 Å². The molecule has 1 unspecified atom stereocenters. The van der Waals surface area contributed by atoms with Gasteiger partial charge in [-0.3, -0.25) is 0 Å². The molecule has 1 aliphatic heterocycles. The molecule has 3 heteroatoms. The first-order chi connectivity index (χ1) is 8.08. The molecule has 2 N–H and O–H groups in total. The molecule has 1 aliphatic rings. The van der Waals surface area contributed by atoms with Gasteiger partial charge in [0.25, 0.3) is 0 Å². The molecular weight excluding hydrogens is 234 g/mol. The van der Waals surface area contributed by atoms with Crippen LogP contribution in [0.1, 0.15) is 43.7 Å². The van der Waals surface area contributed by atoms with Crippen molar-refractivity contribution in [2.75, 3.05) is 6.54 Å². The number of nitrogens with one attached hydrogen (secondary N) is 1. The largest absolute Gasteiger partial charge is 0.507 e. The molecule has 1 heterocycles. The van der Waals surface area contributed by atoms with Gasteiger partial charge in [0.2, 0.25) is 0 Å². The van der Waals surface area contributed by atoms with Gasteiger partial charge in [-0.1, -0.05) is 25.4 Å². The number of benzene rings is 1. The lowest BCUT2D eigenvalue weighted by Crippen LogP contribution is -2.23. The number of hydrogen-bond donors (Lipinski definition) is 2. The lowest BCUT2D eigenvalue weighted by molar-refractivity contribution is 0.452. The molecule has 0 aliphatic carbocycles. The van der Waals surface area contributed by atoms with Crippen molar-refractivity contribution in [2.24, 2.45) is 0 Å². The molecule has 17 heavy (non-hydrogen) atoms. The second kappa shape index (κ2) is 5.28. The van der Waals surface area contributed by atoms with Crippen LogP contribution >= 0.6 is 11.6 Å². The lowest BCUT2D eigenvalue weighted by Gasteiger charge is -2.16. The van der Waals surface area contributed by atoms with Crippen molar-refractivity contribution in [1.29, 1.82) is 0 Å². The summed E-state index contributed by atoms with van der Waals surface area (Å²) in [5, 5.41) is 14.4. The third kappa shape index (κ3) is 2.93. The summed E-state index contributed by atoms with van der Waals surface area (Å²) in [6.07, 6.45) is 3.28. The molecule has 0 aromatic heterocycles. The minimum atomic E-state index is 0.295. The van der Waals surface area contributed by atoms with Gasteiger partial charge in [-0.05, 0) is 55.0 Å². The zero-order valence-electron chi connectivity index (χ0n) is 10.5. The fourth-order valence-corrected chi connectivity index (χ4v) is 2.72. The molecule has 1 fully saturated rings. The van der Waals surface area contributed by atoms with Gasteiger partial charge >= 0.3 is 0 Å². The van der Waals surface area contributed by atoms with Crippen LogP contribution in [0, 0.1) is 0 Å². The first-order valence-electron chi connectivity index (χ1n) is 6.32. The van der Waals surface area contributed by atoms with Crippen molar-refractivity contribution in [2.45, 2.75) is 45.1 Å². The van der Waals surface area contributed by atoms with Gasteiger partial charge in [0.05, 0.1) is 0 Å². The van der Waals surface area contributed by atoms with E-state index in [0.29, 0.717) is 17.7 Å². The maximum Gasteiger partial charge on any atom is 0.122 e. The average Bonchev–Trinajstić information content (AvgIpc) is 2.75. The summed E-state index contributed by atoms with van der Waals surface area (Å²) in [6, 6.07) is 4.25. The lowest BCUT2D eigenvalue weighted by atomic mass is 9.95. The predicted molar refractivity (Wildman–Crippen MR) is 71.9 cm³/mol. The zero-order valence-corrected chi connectivity index (χ0v) is 11.2. The van der Waals surface area contributed by atoms with Gasteiger partial charge in [-0.25, -0.2) is 0 Å². The van der Waals surface area contributed by atoms with E-state index in [0.717, 1.165) is 29.1 Å². The van der Waals surface area contributed by atoms with Crippen molar-refractivity contribution >= 4 is 11.6 Å². The Bertz CT molecular complexity index is 397. The number of phenolic OH excluding ortho intramolecular Hbond substituents is 1. The highest BCUT2D eigenvalue weighted by Crippen LogP contribution is 2.33. The van der Waals surface area contributed by atoms with Crippen molar-refractivity contribution < 1.29 is 5.11 Å². The Morgan fingerprint density at radius 1 is 1.47 bits per heavy atom. The summed E-state index contributed by atoms with van der Waals surface area (Å²) in [4.78, 5) is 0. The van der Waals surface area contributed by atoms with E-state index in [-0.39, 0.29) is 0 Å². The third-order valence-corrected chi connectivity index (χ3v) is 3.65. The standard InChI is InChI=1S/C14H20ClNO/c1-9(2)13-8-11(15)6-10(14(13)17)7-12-4-3-5-16-12/h6,8-9,12,16-17H,3-5,7H2,1-2H3. The summed E-state index contributed by atoms with van der Waals surface area (Å²) in [5.41, 5.74) is 1.92. The highest BCUT2D eigenvalue weighted by molar-refractivity contribution is 6.30. The Morgan fingerprint density at radius 2 is 2.24 bits per heavy atom. The van der Waals surface area contributed by atoms with Crippen LogP contribution in [-0.4, -0.2) is 17.7 Å². The van der Waals surface area contributed by atoms with E-state index < -0.39 is 0 Å². The van der Waals surface area contributed by atoms with Gasteiger partial charge < -0.3 is 10.4 Å². The van der Waals surface area contributed by atoms with Crippen molar-refractivity contribution in [3.05, 3.63) is 28.3 Å². The van der Waals surface area contributed by atoms with E-state index >= 15 is 0 Å². The molecule has 94 valence electrons. The van der Waals surface area contributed by atoms with Crippen LogP contribution in [0.2, 0.25) is 5.02 Å². The van der Waals surface area contributed by atoms with Crippen LogP contribution in [0.3, 0.4) is 0 Å². The molecule has 1 atom stereocenters. The molecule has 2 rings (SSSR count). The van der Waals surface area contributed by atoms with Gasteiger partial charge in [0.15, 0.2) is 0 Å². The molecule has 0 spiro atoms. The Kier molecular flexibility index (Phi) is 3.95. The normalized spacial score (nSPS) is 20.1. The molecule has 1 aromatic rings. The summed E-state index contributed by atoms with van der Waals surface area (Å²) < 4.78 is 0. The fourth-order valence-electron chi connectivity index (χ4n) is 2.47. The van der Waals surface area contributed by atoms with E-state index in [2.05, 4.69) is 19.2 Å². The van der Waals surface area contributed by atoms with Crippen molar-refractivity contribution in [3.8, 4) is 5.75 Å². The van der Waals surface area contributed by atoms with E-state index in [1.165, 1.54) is 12.8 Å². The molecule has 2 nitrogen and oxygen atoms in total. The second-order valence-corrected chi connectivity index (χ2v) is 5.59. The van der Waals surface area contributed by atoms with Crippen LogP contribution in [0.15, 0.2) is 12.1 Å². The quantitative estimate of drug-likeness (QED) is 0.865. The van der Waals surface area contributed by atoms with Crippen LogP contribution < -0.4 is 5.32 Å². The minimum absolute atomic E-state index is 0.295. The first kappa shape index (κ1) is 12.7. The van der Waals surface area contributed by atoms with Gasteiger partial charge in [0.1, 0.15) is 5.75 Å². The smallest absolute Gasteiger partial charge is 0.122 e. The Labute approximate surface area is 108 Å². The van der Waals surface area contributed by atoms with Crippen LogP contribution in [0.5, 0.6) is 5.75 Å². The van der Waals surface area contributed by atoms with Crippen LogP contribution in [0.25, 0.3) is 0 Å². The first-order valence-corrected chi connectivity index (χ1v) is 6.70. The zero-order chi connectivity index (χ0) is 12.4. The Balaban J connectivity index is 2.26. The highest BCUT2D eigenvalue weighted by Gasteiger charge is 2.18. The minimum Gasteiger partial charge on any atom is -0.507 e. The molecule has 0 amide bonds. The van der Waals surface area contributed by atoms with E-state index in [4.69, 9.17) is 11.6 Å². The Hall–Kier alpha value is -0.730. The summed E-state index contributed by atoms with van der Waals surface area (Å²) >= 11 is 6.12. The maximum atomic E-state index is 10.3. The monoisotopic (exact) mass is 253 g/mol. The number of phenols is 1. The van der Waals surface area contributed by atoms with Gasteiger partial charge in [0, 0.05) is 11.1 Å². The molecule has 1 aromatic carbocycles. The van der Waals surface area contributed by atoms with E-state index in [1.807, 2.05) is 12.1 Å². The van der Waals surface area contributed by atoms with E-state index in [9.17, 15) is 5.11 Å². The Morgan fingerprint density at radius 3 is 2.82 bits per heavy atom. The maximum absolute atomic E-state index is 10.3. The molecule has 0 saturated carbocycles. The average molecular weight is 254 g/mol. The fraction of sp³-hybridized carbons (Fsp3) is 0.571. The van der Waals surface area contributed by atoms with Crippen molar-refractivity contribution in [1.82, 2.24) is 5.32 Å². The molecule has 1 saturated heterocycles. The summed E-state index contributed by atoms with van der Waals surface area (Å²) in [5.74, 6) is 0.724. The third-order valence-electron chi connectivity index (χ3n) is 3.43. The van der Waals surface area contributed by atoms with Gasteiger partial charge in [-0.2, -0.15) is 0 Å².